The van der Waals surface area contributed by atoms with E-state index >= 15 is 0 Å². The highest BCUT2D eigenvalue weighted by Crippen LogP contribution is 2.33. The Hall–Kier alpha value is -1.35. The van der Waals surface area contributed by atoms with Crippen molar-refractivity contribution in [2.75, 3.05) is 7.11 Å². The van der Waals surface area contributed by atoms with E-state index < -0.39 is 5.92 Å². The van der Waals surface area contributed by atoms with E-state index in [9.17, 15) is 10.1 Å². The summed E-state index contributed by atoms with van der Waals surface area (Å²) >= 11 is 10.7. The highest BCUT2D eigenvalue weighted by atomic mass is 79.9. The van der Waals surface area contributed by atoms with Crippen molar-refractivity contribution in [1.82, 2.24) is 0 Å². The van der Waals surface area contributed by atoms with Crippen molar-refractivity contribution in [2.45, 2.75) is 5.92 Å². The van der Waals surface area contributed by atoms with Crippen molar-refractivity contribution in [3.05, 3.63) is 49.6 Å². The molecule has 0 N–H and O–H groups in total. The van der Waals surface area contributed by atoms with Gasteiger partial charge in [0, 0.05) is 21.5 Å². The van der Waals surface area contributed by atoms with Crippen LogP contribution >= 0.6 is 38.9 Å². The lowest BCUT2D eigenvalue weighted by Gasteiger charge is -2.12. The first-order chi connectivity index (χ1) is 9.56. The highest BCUT2D eigenvalue weighted by Gasteiger charge is 2.26. The number of carbonyl (C=O) groups excluding carboxylic acids is 1. The molecular weight excluding hydrogens is 362 g/mol. The molecule has 0 amide bonds. The van der Waals surface area contributed by atoms with E-state index in [1.165, 1.54) is 18.4 Å². The Morgan fingerprint density at radius 1 is 1.50 bits per heavy atom. The molecule has 3 nitrogen and oxygen atoms in total. The van der Waals surface area contributed by atoms with Crippen LogP contribution in [0.2, 0.25) is 5.02 Å². The van der Waals surface area contributed by atoms with E-state index in [4.69, 9.17) is 16.3 Å². The summed E-state index contributed by atoms with van der Waals surface area (Å²) in [5.74, 6) is -0.733. The number of Topliss-reactive ketones (excluding diaryl/α,β-unsaturated/α-hetero) is 1. The number of methoxy groups -OCH3 is 1. The van der Waals surface area contributed by atoms with Gasteiger partial charge in [-0.15, -0.1) is 11.3 Å². The van der Waals surface area contributed by atoms with E-state index in [2.05, 4.69) is 15.9 Å². The fourth-order valence-electron chi connectivity index (χ4n) is 1.81. The maximum absolute atomic E-state index is 12.4. The van der Waals surface area contributed by atoms with Gasteiger partial charge in [-0.25, -0.2) is 0 Å². The third kappa shape index (κ3) is 3.04. The minimum absolute atomic E-state index is 0.269. The van der Waals surface area contributed by atoms with E-state index in [0.717, 1.165) is 3.79 Å². The molecule has 0 bridgehead atoms. The summed E-state index contributed by atoms with van der Waals surface area (Å²) in [5, 5.41) is 11.5. The number of thiophene rings is 1. The monoisotopic (exact) mass is 369 g/mol. The predicted molar refractivity (Wildman–Crippen MR) is 82.7 cm³/mol. The van der Waals surface area contributed by atoms with Gasteiger partial charge in [0.1, 0.15) is 11.7 Å². The number of rotatable bonds is 4. The van der Waals surface area contributed by atoms with E-state index in [1.54, 1.807) is 29.6 Å². The molecule has 0 aliphatic rings. The summed E-state index contributed by atoms with van der Waals surface area (Å²) in [6.45, 7) is 0. The molecular formula is C14H9BrClNO2S. The van der Waals surface area contributed by atoms with Crippen molar-refractivity contribution in [3.63, 3.8) is 0 Å². The van der Waals surface area contributed by atoms with E-state index in [-0.39, 0.29) is 5.78 Å². The maximum atomic E-state index is 12.4. The number of carbonyl (C=O) groups is 1. The Morgan fingerprint density at radius 2 is 2.25 bits per heavy atom. The zero-order valence-electron chi connectivity index (χ0n) is 10.4. The number of ketones is 1. The molecule has 1 atom stereocenters. The van der Waals surface area contributed by atoms with Crippen LogP contribution in [0.5, 0.6) is 5.75 Å². The van der Waals surface area contributed by atoms with Gasteiger partial charge in [-0.2, -0.15) is 5.26 Å². The fraction of sp³-hybridized carbons (Fsp3) is 0.143. The maximum Gasteiger partial charge on any atom is 0.185 e. The molecule has 1 heterocycles. The summed E-state index contributed by atoms with van der Waals surface area (Å²) in [6.07, 6.45) is 0. The molecule has 20 heavy (non-hydrogen) atoms. The molecule has 0 fully saturated rings. The van der Waals surface area contributed by atoms with Crippen LogP contribution < -0.4 is 4.74 Å². The molecule has 0 aliphatic heterocycles. The fourth-order valence-corrected chi connectivity index (χ4v) is 3.13. The lowest BCUT2D eigenvalue weighted by Crippen LogP contribution is -2.11. The Balaban J connectivity index is 2.45. The molecule has 0 radical (unpaired) electrons. The number of hydrogen-bond donors (Lipinski definition) is 0. The molecule has 2 aromatic rings. The summed E-state index contributed by atoms with van der Waals surface area (Å²) in [5.41, 5.74) is 0.977. The standard InChI is InChI=1S/C14H9BrClNO2S/c1-19-12-3-2-9(16)5-10(12)11(6-17)14(18)8-4-13(15)20-7-8/h2-5,7,11H,1H3. The Kier molecular flexibility index (Phi) is 4.81. The molecule has 0 aliphatic carbocycles. The Labute approximate surface area is 133 Å². The van der Waals surface area contributed by atoms with Gasteiger partial charge >= 0.3 is 0 Å². The summed E-state index contributed by atoms with van der Waals surface area (Å²) in [6, 6.07) is 8.63. The van der Waals surface area contributed by atoms with Crippen LogP contribution in [-0.4, -0.2) is 12.9 Å². The van der Waals surface area contributed by atoms with Crippen LogP contribution in [0, 0.1) is 11.3 Å². The molecule has 1 unspecified atom stereocenters. The number of halogens is 2. The first-order valence-electron chi connectivity index (χ1n) is 5.58. The van der Waals surface area contributed by atoms with Crippen LogP contribution in [0.25, 0.3) is 0 Å². The largest absolute Gasteiger partial charge is 0.496 e. The predicted octanol–water partition coefficient (Wildman–Crippen LogP) is 4.66. The lowest BCUT2D eigenvalue weighted by atomic mass is 9.92. The van der Waals surface area contributed by atoms with Crippen LogP contribution in [0.4, 0.5) is 0 Å². The summed E-state index contributed by atoms with van der Waals surface area (Å²) in [7, 11) is 1.49. The van der Waals surface area contributed by atoms with Gasteiger partial charge in [0.2, 0.25) is 0 Å². The smallest absolute Gasteiger partial charge is 0.185 e. The van der Waals surface area contributed by atoms with Gasteiger partial charge in [-0.1, -0.05) is 11.6 Å². The average Bonchev–Trinajstić information content (AvgIpc) is 2.86. The van der Waals surface area contributed by atoms with Crippen molar-refractivity contribution >= 4 is 44.7 Å². The minimum Gasteiger partial charge on any atom is -0.496 e. The zero-order valence-corrected chi connectivity index (χ0v) is 13.6. The quantitative estimate of drug-likeness (QED) is 0.735. The highest BCUT2D eigenvalue weighted by molar-refractivity contribution is 9.11. The molecule has 6 heteroatoms. The molecule has 1 aromatic carbocycles. The third-order valence-corrected chi connectivity index (χ3v) is 4.49. The van der Waals surface area contributed by atoms with Gasteiger partial charge < -0.3 is 4.74 Å². The Bertz CT molecular complexity index is 693. The SMILES string of the molecule is COc1ccc(Cl)cc1C(C#N)C(=O)c1csc(Br)c1. The normalized spacial score (nSPS) is 11.7. The van der Waals surface area contributed by atoms with Crippen molar-refractivity contribution in [1.29, 1.82) is 5.26 Å². The molecule has 102 valence electrons. The summed E-state index contributed by atoms with van der Waals surface area (Å²) < 4.78 is 6.05. The van der Waals surface area contributed by atoms with Gasteiger partial charge in [-0.3, -0.25) is 4.79 Å². The van der Waals surface area contributed by atoms with Crippen molar-refractivity contribution in [2.24, 2.45) is 0 Å². The van der Waals surface area contributed by atoms with Gasteiger partial charge in [0.25, 0.3) is 0 Å². The first-order valence-corrected chi connectivity index (χ1v) is 7.63. The van der Waals surface area contributed by atoms with E-state index in [1.807, 2.05) is 6.07 Å². The molecule has 0 saturated heterocycles. The van der Waals surface area contributed by atoms with E-state index in [0.29, 0.717) is 21.9 Å². The zero-order chi connectivity index (χ0) is 14.7. The molecule has 0 saturated carbocycles. The number of nitriles is 1. The van der Waals surface area contributed by atoms with Crippen molar-refractivity contribution < 1.29 is 9.53 Å². The second-order valence-electron chi connectivity index (χ2n) is 3.95. The topological polar surface area (TPSA) is 50.1 Å². The van der Waals surface area contributed by atoms with Crippen LogP contribution in [0.1, 0.15) is 21.8 Å². The summed E-state index contributed by atoms with van der Waals surface area (Å²) in [4.78, 5) is 12.4. The van der Waals surface area contributed by atoms with Crippen molar-refractivity contribution in [3.8, 4) is 11.8 Å². The minimum atomic E-state index is -0.940. The second kappa shape index (κ2) is 6.40. The van der Waals surface area contributed by atoms with Crippen LogP contribution in [0.3, 0.4) is 0 Å². The van der Waals surface area contributed by atoms with Gasteiger partial charge in [0.15, 0.2) is 5.78 Å². The van der Waals surface area contributed by atoms with Crippen LogP contribution in [0.15, 0.2) is 33.4 Å². The average molecular weight is 371 g/mol. The number of benzene rings is 1. The van der Waals surface area contributed by atoms with Gasteiger partial charge in [-0.05, 0) is 40.2 Å². The second-order valence-corrected chi connectivity index (χ2v) is 6.68. The first kappa shape index (κ1) is 15.0. The number of hydrogen-bond acceptors (Lipinski definition) is 4. The van der Waals surface area contributed by atoms with Crippen LogP contribution in [-0.2, 0) is 0 Å². The third-order valence-electron chi connectivity index (χ3n) is 2.75. The van der Waals surface area contributed by atoms with Gasteiger partial charge in [0.05, 0.1) is 17.0 Å². The Morgan fingerprint density at radius 3 is 2.80 bits per heavy atom. The molecule has 2 rings (SSSR count). The number of nitrogens with zero attached hydrogens (tertiary/aromatic N) is 1. The molecule has 0 spiro atoms. The molecule has 1 aromatic heterocycles. The number of ether oxygens (including phenoxy) is 1. The lowest BCUT2D eigenvalue weighted by molar-refractivity contribution is 0.0978.